The predicted octanol–water partition coefficient (Wildman–Crippen LogP) is 2.12. The first kappa shape index (κ1) is 14.4. The average molecular weight is 275 g/mol. The van der Waals surface area contributed by atoms with Gasteiger partial charge in [-0.25, -0.2) is 4.98 Å². The van der Waals surface area contributed by atoms with Crippen molar-refractivity contribution >= 4 is 0 Å². The summed E-state index contributed by atoms with van der Waals surface area (Å²) in [6.07, 6.45) is 3.56. The summed E-state index contributed by atoms with van der Waals surface area (Å²) in [6, 6.07) is 5.99. The predicted molar refractivity (Wildman–Crippen MR) is 77.9 cm³/mol. The van der Waals surface area contributed by atoms with Gasteiger partial charge in [-0.15, -0.1) is 0 Å². The number of ether oxygens (including phenoxy) is 2. The van der Waals surface area contributed by atoms with Crippen LogP contribution in [0.2, 0.25) is 0 Å². The lowest BCUT2D eigenvalue weighted by Crippen LogP contribution is -2.11. The van der Waals surface area contributed by atoms with Gasteiger partial charge in [0.05, 0.1) is 25.3 Å². The van der Waals surface area contributed by atoms with Crippen LogP contribution in [0.1, 0.15) is 18.2 Å². The van der Waals surface area contributed by atoms with E-state index < -0.39 is 0 Å². The standard InChI is InChI=1S/C15H21N3O2/c1-4-16-8-12-5-6-14(15(7-12)19-3)20-10-13-9-17-11-18(13)2/h5-7,9,11,16H,4,8,10H2,1-3H3. The van der Waals surface area contributed by atoms with Crippen molar-refractivity contribution in [3.8, 4) is 11.5 Å². The number of rotatable bonds is 7. The molecule has 1 aromatic heterocycles. The second-order valence-electron chi connectivity index (χ2n) is 4.55. The molecule has 0 saturated heterocycles. The highest BCUT2D eigenvalue weighted by atomic mass is 16.5. The van der Waals surface area contributed by atoms with Gasteiger partial charge in [-0.05, 0) is 24.2 Å². The van der Waals surface area contributed by atoms with Gasteiger partial charge in [0.1, 0.15) is 6.61 Å². The molecular weight excluding hydrogens is 254 g/mol. The minimum atomic E-state index is 0.472. The smallest absolute Gasteiger partial charge is 0.161 e. The van der Waals surface area contributed by atoms with Gasteiger partial charge in [0, 0.05) is 13.6 Å². The van der Waals surface area contributed by atoms with Crippen molar-refractivity contribution in [1.29, 1.82) is 0 Å². The molecule has 108 valence electrons. The van der Waals surface area contributed by atoms with Crippen LogP contribution in [-0.2, 0) is 20.2 Å². The molecular formula is C15H21N3O2. The quantitative estimate of drug-likeness (QED) is 0.841. The van der Waals surface area contributed by atoms with Gasteiger partial charge in [0.25, 0.3) is 0 Å². The molecule has 0 atom stereocenters. The first-order chi connectivity index (χ1) is 9.74. The molecule has 5 nitrogen and oxygen atoms in total. The minimum absolute atomic E-state index is 0.472. The van der Waals surface area contributed by atoms with Crippen LogP contribution in [-0.4, -0.2) is 23.2 Å². The average Bonchev–Trinajstić information content (AvgIpc) is 2.88. The summed E-state index contributed by atoms with van der Waals surface area (Å²) in [7, 11) is 3.60. The number of hydrogen-bond acceptors (Lipinski definition) is 4. The van der Waals surface area contributed by atoms with Crippen LogP contribution in [0.5, 0.6) is 11.5 Å². The molecule has 0 unspecified atom stereocenters. The zero-order valence-electron chi connectivity index (χ0n) is 12.2. The van der Waals surface area contributed by atoms with E-state index in [-0.39, 0.29) is 0 Å². The lowest BCUT2D eigenvalue weighted by atomic mass is 10.2. The van der Waals surface area contributed by atoms with Crippen molar-refractivity contribution in [3.05, 3.63) is 42.0 Å². The number of methoxy groups -OCH3 is 1. The Balaban J connectivity index is 2.05. The largest absolute Gasteiger partial charge is 0.493 e. The van der Waals surface area contributed by atoms with Gasteiger partial charge in [-0.3, -0.25) is 0 Å². The number of nitrogens with one attached hydrogen (secondary N) is 1. The van der Waals surface area contributed by atoms with Gasteiger partial charge in [0.2, 0.25) is 0 Å². The fourth-order valence-corrected chi connectivity index (χ4v) is 1.89. The highest BCUT2D eigenvalue weighted by Crippen LogP contribution is 2.28. The summed E-state index contributed by atoms with van der Waals surface area (Å²) >= 11 is 0. The summed E-state index contributed by atoms with van der Waals surface area (Å²) in [5.41, 5.74) is 2.19. The molecule has 0 aliphatic rings. The van der Waals surface area contributed by atoms with Crippen molar-refractivity contribution in [2.24, 2.45) is 7.05 Å². The normalized spacial score (nSPS) is 10.6. The van der Waals surface area contributed by atoms with E-state index in [4.69, 9.17) is 9.47 Å². The molecule has 0 aliphatic carbocycles. The van der Waals surface area contributed by atoms with E-state index in [1.165, 1.54) is 5.56 Å². The first-order valence-corrected chi connectivity index (χ1v) is 6.70. The number of benzene rings is 1. The van der Waals surface area contributed by atoms with Crippen molar-refractivity contribution in [3.63, 3.8) is 0 Å². The molecule has 0 aliphatic heterocycles. The maximum Gasteiger partial charge on any atom is 0.161 e. The van der Waals surface area contributed by atoms with Crippen LogP contribution in [0.15, 0.2) is 30.7 Å². The van der Waals surface area contributed by atoms with Crippen LogP contribution in [0, 0.1) is 0 Å². The SMILES string of the molecule is CCNCc1ccc(OCc2cncn2C)c(OC)c1. The van der Waals surface area contributed by atoms with Gasteiger partial charge < -0.3 is 19.4 Å². The fraction of sp³-hybridized carbons (Fsp3) is 0.400. The summed E-state index contributed by atoms with van der Waals surface area (Å²) in [5, 5.41) is 3.29. The van der Waals surface area contributed by atoms with Crippen molar-refractivity contribution in [1.82, 2.24) is 14.9 Å². The van der Waals surface area contributed by atoms with Crippen LogP contribution in [0.25, 0.3) is 0 Å². The van der Waals surface area contributed by atoms with E-state index in [0.717, 1.165) is 30.3 Å². The van der Waals surface area contributed by atoms with Crippen LogP contribution in [0.3, 0.4) is 0 Å². The number of aryl methyl sites for hydroxylation is 1. The molecule has 5 heteroatoms. The second-order valence-corrected chi connectivity index (χ2v) is 4.55. The summed E-state index contributed by atoms with van der Waals surface area (Å²) in [6.45, 7) is 4.33. The van der Waals surface area contributed by atoms with E-state index >= 15 is 0 Å². The van der Waals surface area contributed by atoms with E-state index in [1.54, 1.807) is 19.6 Å². The molecule has 0 radical (unpaired) electrons. The number of nitrogens with zero attached hydrogens (tertiary/aromatic N) is 2. The zero-order chi connectivity index (χ0) is 14.4. The Bertz CT molecular complexity index is 552. The first-order valence-electron chi connectivity index (χ1n) is 6.70. The maximum absolute atomic E-state index is 5.81. The molecule has 2 aromatic rings. The number of aromatic nitrogens is 2. The highest BCUT2D eigenvalue weighted by Gasteiger charge is 2.07. The lowest BCUT2D eigenvalue weighted by molar-refractivity contribution is 0.277. The molecule has 0 spiro atoms. The van der Waals surface area contributed by atoms with Crippen molar-refractivity contribution in [2.75, 3.05) is 13.7 Å². The van der Waals surface area contributed by atoms with Gasteiger partial charge in [0.15, 0.2) is 11.5 Å². The van der Waals surface area contributed by atoms with Crippen LogP contribution < -0.4 is 14.8 Å². The van der Waals surface area contributed by atoms with Crippen molar-refractivity contribution in [2.45, 2.75) is 20.1 Å². The van der Waals surface area contributed by atoms with E-state index in [9.17, 15) is 0 Å². The molecule has 0 fully saturated rings. The third-order valence-corrected chi connectivity index (χ3v) is 3.10. The van der Waals surface area contributed by atoms with Gasteiger partial charge in [-0.2, -0.15) is 0 Å². The minimum Gasteiger partial charge on any atom is -0.493 e. The summed E-state index contributed by atoms with van der Waals surface area (Å²) in [4.78, 5) is 4.07. The molecule has 1 aromatic carbocycles. The maximum atomic E-state index is 5.81. The molecule has 1 N–H and O–H groups in total. The molecule has 1 heterocycles. The Hall–Kier alpha value is -2.01. The highest BCUT2D eigenvalue weighted by molar-refractivity contribution is 5.43. The van der Waals surface area contributed by atoms with Crippen LogP contribution in [0.4, 0.5) is 0 Å². The molecule has 0 bridgehead atoms. The zero-order valence-corrected chi connectivity index (χ0v) is 12.2. The molecule has 0 amide bonds. The Morgan fingerprint density at radius 3 is 2.80 bits per heavy atom. The monoisotopic (exact) mass is 275 g/mol. The lowest BCUT2D eigenvalue weighted by Gasteiger charge is -2.12. The number of hydrogen-bond donors (Lipinski definition) is 1. The molecule has 2 rings (SSSR count). The fourth-order valence-electron chi connectivity index (χ4n) is 1.89. The Kier molecular flexibility index (Phi) is 5.01. The summed E-state index contributed by atoms with van der Waals surface area (Å²) < 4.78 is 13.1. The summed E-state index contributed by atoms with van der Waals surface area (Å²) in [5.74, 6) is 1.50. The topological polar surface area (TPSA) is 48.3 Å². The van der Waals surface area contributed by atoms with Crippen molar-refractivity contribution < 1.29 is 9.47 Å². The molecule has 0 saturated carbocycles. The third kappa shape index (κ3) is 3.51. The molecule has 20 heavy (non-hydrogen) atoms. The van der Waals surface area contributed by atoms with E-state index in [1.807, 2.05) is 29.8 Å². The van der Waals surface area contributed by atoms with Gasteiger partial charge >= 0.3 is 0 Å². The third-order valence-electron chi connectivity index (χ3n) is 3.10. The Morgan fingerprint density at radius 1 is 1.30 bits per heavy atom. The van der Waals surface area contributed by atoms with E-state index in [0.29, 0.717) is 6.61 Å². The number of imidazole rings is 1. The van der Waals surface area contributed by atoms with Gasteiger partial charge in [-0.1, -0.05) is 13.0 Å². The van der Waals surface area contributed by atoms with Crippen LogP contribution >= 0.6 is 0 Å². The van der Waals surface area contributed by atoms with E-state index in [2.05, 4.69) is 17.2 Å². The Morgan fingerprint density at radius 2 is 2.15 bits per heavy atom. The second kappa shape index (κ2) is 6.96. The Labute approximate surface area is 119 Å².